The van der Waals surface area contributed by atoms with Gasteiger partial charge in [0.15, 0.2) is 11.0 Å². The molecule has 0 bridgehead atoms. The highest BCUT2D eigenvalue weighted by Crippen LogP contribution is 2.35. The zero-order valence-electron chi connectivity index (χ0n) is 9.17. The fraction of sp³-hybridized carbons (Fsp3) is 0. The molecule has 2 aromatic rings. The number of halogens is 3. The van der Waals surface area contributed by atoms with Gasteiger partial charge in [-0.25, -0.2) is 4.98 Å². The molecule has 1 aliphatic rings. The summed E-state index contributed by atoms with van der Waals surface area (Å²) in [5, 5.41) is 6.11. The summed E-state index contributed by atoms with van der Waals surface area (Å²) in [6.07, 6.45) is 0. The standard InChI is InChI=1S/C11H5Cl3N4O/c12-4-1-2-6-5(3-4)10(19)16-7-8(13)17-11(14)18-9(7)15-6/h1-3H,(H,16,19)(H,15,17,18). The molecule has 0 radical (unpaired) electrons. The number of amides is 1. The number of fused-ring (bicyclic) bond motifs is 2. The van der Waals surface area contributed by atoms with Crippen molar-refractivity contribution in [1.29, 1.82) is 0 Å². The highest BCUT2D eigenvalue weighted by atomic mass is 35.5. The average Bonchev–Trinajstić information content (AvgIpc) is 2.47. The molecule has 2 N–H and O–H groups in total. The third-order valence-electron chi connectivity index (χ3n) is 2.56. The number of hydrogen-bond donors (Lipinski definition) is 2. The molecule has 0 aliphatic carbocycles. The van der Waals surface area contributed by atoms with Gasteiger partial charge in [0.05, 0.1) is 11.3 Å². The molecular formula is C11H5Cl3N4O. The van der Waals surface area contributed by atoms with E-state index in [0.717, 1.165) is 0 Å². The Kier molecular flexibility index (Phi) is 2.97. The minimum absolute atomic E-state index is 0.0112. The van der Waals surface area contributed by atoms with Crippen LogP contribution in [0.3, 0.4) is 0 Å². The predicted octanol–water partition coefficient (Wildman–Crippen LogP) is 3.75. The van der Waals surface area contributed by atoms with Gasteiger partial charge in [0.1, 0.15) is 5.69 Å². The van der Waals surface area contributed by atoms with Gasteiger partial charge >= 0.3 is 0 Å². The monoisotopic (exact) mass is 314 g/mol. The number of nitrogens with zero attached hydrogens (tertiary/aromatic N) is 2. The highest BCUT2D eigenvalue weighted by Gasteiger charge is 2.23. The smallest absolute Gasteiger partial charge is 0.258 e. The van der Waals surface area contributed by atoms with E-state index in [9.17, 15) is 4.79 Å². The molecule has 0 saturated heterocycles. The molecule has 2 heterocycles. The van der Waals surface area contributed by atoms with Crippen LogP contribution < -0.4 is 10.6 Å². The Morgan fingerprint density at radius 3 is 2.63 bits per heavy atom. The van der Waals surface area contributed by atoms with Crippen LogP contribution in [0.4, 0.5) is 17.2 Å². The van der Waals surface area contributed by atoms with Crippen molar-refractivity contribution in [2.75, 3.05) is 10.6 Å². The number of carbonyl (C=O) groups is 1. The van der Waals surface area contributed by atoms with E-state index in [0.29, 0.717) is 22.1 Å². The molecule has 96 valence electrons. The van der Waals surface area contributed by atoms with Gasteiger partial charge in [0.25, 0.3) is 5.91 Å². The lowest BCUT2D eigenvalue weighted by Gasteiger charge is -2.08. The Balaban J connectivity index is 2.20. The number of benzene rings is 1. The Bertz CT molecular complexity index is 705. The van der Waals surface area contributed by atoms with Gasteiger partial charge in [0.2, 0.25) is 5.28 Å². The number of carbonyl (C=O) groups excluding carboxylic acids is 1. The Labute approximate surface area is 122 Å². The molecule has 0 unspecified atom stereocenters. The van der Waals surface area contributed by atoms with Gasteiger partial charge in [-0.2, -0.15) is 4.98 Å². The summed E-state index contributed by atoms with van der Waals surface area (Å²) in [7, 11) is 0. The summed E-state index contributed by atoms with van der Waals surface area (Å²) in [6.45, 7) is 0. The van der Waals surface area contributed by atoms with Crippen LogP contribution in [0.25, 0.3) is 0 Å². The summed E-state index contributed by atoms with van der Waals surface area (Å²) in [5.41, 5.74) is 1.23. The molecule has 1 aromatic carbocycles. The quantitative estimate of drug-likeness (QED) is 0.574. The Hall–Kier alpha value is -1.56. The minimum atomic E-state index is -0.350. The van der Waals surface area contributed by atoms with Crippen molar-refractivity contribution < 1.29 is 4.79 Å². The molecule has 3 rings (SSSR count). The summed E-state index contributed by atoms with van der Waals surface area (Å²) < 4.78 is 0. The number of anilines is 3. The summed E-state index contributed by atoms with van der Waals surface area (Å²) >= 11 is 17.6. The van der Waals surface area contributed by atoms with E-state index in [1.54, 1.807) is 18.2 Å². The summed E-state index contributed by atoms with van der Waals surface area (Å²) in [6, 6.07) is 4.89. The topological polar surface area (TPSA) is 66.9 Å². The Morgan fingerprint density at radius 2 is 1.84 bits per heavy atom. The molecule has 0 atom stereocenters. The molecule has 19 heavy (non-hydrogen) atoms. The summed E-state index contributed by atoms with van der Waals surface area (Å²) in [4.78, 5) is 19.9. The van der Waals surface area contributed by atoms with Gasteiger partial charge in [-0.05, 0) is 29.8 Å². The van der Waals surface area contributed by atoms with Crippen molar-refractivity contribution in [3.05, 3.63) is 39.2 Å². The Morgan fingerprint density at radius 1 is 1.05 bits per heavy atom. The van der Waals surface area contributed by atoms with Crippen molar-refractivity contribution in [3.63, 3.8) is 0 Å². The maximum Gasteiger partial charge on any atom is 0.258 e. The van der Waals surface area contributed by atoms with Crippen molar-refractivity contribution >= 4 is 57.9 Å². The fourth-order valence-electron chi connectivity index (χ4n) is 1.73. The average molecular weight is 316 g/mol. The van der Waals surface area contributed by atoms with Crippen LogP contribution in [0.5, 0.6) is 0 Å². The zero-order chi connectivity index (χ0) is 13.6. The van der Waals surface area contributed by atoms with Crippen LogP contribution in [-0.2, 0) is 0 Å². The highest BCUT2D eigenvalue weighted by molar-refractivity contribution is 6.35. The molecule has 0 fully saturated rings. The van der Waals surface area contributed by atoms with Crippen LogP contribution in [0.1, 0.15) is 10.4 Å². The zero-order valence-corrected chi connectivity index (χ0v) is 11.4. The summed E-state index contributed by atoms with van der Waals surface area (Å²) in [5.74, 6) is -0.0176. The third kappa shape index (κ3) is 2.20. The van der Waals surface area contributed by atoms with E-state index < -0.39 is 0 Å². The first kappa shape index (κ1) is 12.5. The number of rotatable bonds is 0. The molecule has 1 aliphatic heterocycles. The van der Waals surface area contributed by atoms with E-state index >= 15 is 0 Å². The fourth-order valence-corrected chi connectivity index (χ4v) is 2.33. The van der Waals surface area contributed by atoms with Crippen molar-refractivity contribution in [2.24, 2.45) is 0 Å². The number of aromatic nitrogens is 2. The van der Waals surface area contributed by atoms with Crippen LogP contribution in [-0.4, -0.2) is 15.9 Å². The molecule has 5 nitrogen and oxygen atoms in total. The second-order valence-corrected chi connectivity index (χ2v) is 4.91. The molecule has 0 saturated carbocycles. The van der Waals surface area contributed by atoms with Crippen molar-refractivity contribution in [2.45, 2.75) is 0 Å². The number of hydrogen-bond acceptors (Lipinski definition) is 4. The van der Waals surface area contributed by atoms with Gasteiger partial charge in [-0.1, -0.05) is 23.2 Å². The van der Waals surface area contributed by atoms with Crippen molar-refractivity contribution in [3.8, 4) is 0 Å². The second-order valence-electron chi connectivity index (χ2n) is 3.78. The lowest BCUT2D eigenvalue weighted by Crippen LogP contribution is -2.11. The van der Waals surface area contributed by atoms with Crippen LogP contribution in [0, 0.1) is 0 Å². The molecule has 0 spiro atoms. The maximum atomic E-state index is 12.1. The van der Waals surface area contributed by atoms with Gasteiger partial charge in [-0.15, -0.1) is 0 Å². The SMILES string of the molecule is O=C1Nc2c(Cl)nc(Cl)nc2Nc2ccc(Cl)cc21. The third-order valence-corrected chi connectivity index (χ3v) is 3.23. The van der Waals surface area contributed by atoms with Gasteiger partial charge < -0.3 is 10.6 Å². The molecule has 1 amide bonds. The van der Waals surface area contributed by atoms with E-state index in [-0.39, 0.29) is 22.0 Å². The molecule has 8 heteroatoms. The van der Waals surface area contributed by atoms with E-state index in [4.69, 9.17) is 34.8 Å². The maximum absolute atomic E-state index is 12.1. The first-order valence-corrected chi connectivity index (χ1v) is 6.29. The molecule has 1 aromatic heterocycles. The van der Waals surface area contributed by atoms with E-state index in [2.05, 4.69) is 20.6 Å². The first-order valence-electron chi connectivity index (χ1n) is 5.15. The predicted molar refractivity (Wildman–Crippen MR) is 74.7 cm³/mol. The molecular weight excluding hydrogens is 311 g/mol. The van der Waals surface area contributed by atoms with E-state index in [1.165, 1.54) is 0 Å². The van der Waals surface area contributed by atoms with Crippen molar-refractivity contribution in [1.82, 2.24) is 9.97 Å². The number of nitrogens with one attached hydrogen (secondary N) is 2. The van der Waals surface area contributed by atoms with E-state index in [1.807, 2.05) is 0 Å². The van der Waals surface area contributed by atoms with Crippen LogP contribution in [0.15, 0.2) is 18.2 Å². The van der Waals surface area contributed by atoms with Gasteiger partial charge in [-0.3, -0.25) is 4.79 Å². The normalized spacial score (nSPS) is 12.9. The van der Waals surface area contributed by atoms with Gasteiger partial charge in [0, 0.05) is 5.02 Å². The largest absolute Gasteiger partial charge is 0.338 e. The lowest BCUT2D eigenvalue weighted by atomic mass is 10.1. The van der Waals surface area contributed by atoms with Crippen LogP contribution >= 0.6 is 34.8 Å². The first-order chi connectivity index (χ1) is 9.04. The lowest BCUT2D eigenvalue weighted by molar-refractivity contribution is 0.102. The second kappa shape index (κ2) is 4.52. The van der Waals surface area contributed by atoms with Crippen LogP contribution in [0.2, 0.25) is 15.5 Å². The minimum Gasteiger partial charge on any atom is -0.338 e.